The van der Waals surface area contributed by atoms with E-state index in [2.05, 4.69) is 39.1 Å². The minimum atomic E-state index is -0.0978. The number of carbonyl (C=O) groups excluding carboxylic acids is 1. The number of hydrogen-bond donors (Lipinski definition) is 3. The van der Waals surface area contributed by atoms with E-state index in [1.54, 1.807) is 6.20 Å². The number of nitrogens with zero attached hydrogens (tertiary/aromatic N) is 1. The zero-order valence-corrected chi connectivity index (χ0v) is 20.2. The number of aromatic nitrogens is 1. The molecule has 6 heteroatoms. The van der Waals surface area contributed by atoms with Gasteiger partial charge in [0, 0.05) is 43.5 Å². The summed E-state index contributed by atoms with van der Waals surface area (Å²) in [5.74, 6) is -0.0978. The maximum atomic E-state index is 13.0. The first-order valence-electron chi connectivity index (χ1n) is 11.6. The van der Waals surface area contributed by atoms with Crippen LogP contribution in [0.15, 0.2) is 103 Å². The lowest BCUT2D eigenvalue weighted by Gasteiger charge is -2.16. The molecular formula is C29H28N4OS. The van der Waals surface area contributed by atoms with E-state index in [0.717, 1.165) is 22.4 Å². The van der Waals surface area contributed by atoms with Crippen LogP contribution in [0, 0.1) is 0 Å². The summed E-state index contributed by atoms with van der Waals surface area (Å²) >= 11 is 5.48. The Morgan fingerprint density at radius 3 is 2.20 bits per heavy atom. The van der Waals surface area contributed by atoms with Gasteiger partial charge in [-0.25, -0.2) is 0 Å². The van der Waals surface area contributed by atoms with E-state index in [0.29, 0.717) is 36.7 Å². The van der Waals surface area contributed by atoms with E-state index in [4.69, 9.17) is 12.2 Å². The Balaban J connectivity index is 1.41. The van der Waals surface area contributed by atoms with Crippen LogP contribution >= 0.6 is 12.2 Å². The van der Waals surface area contributed by atoms with Gasteiger partial charge in [-0.05, 0) is 52.7 Å². The Morgan fingerprint density at radius 1 is 0.714 bits per heavy atom. The highest BCUT2D eigenvalue weighted by molar-refractivity contribution is 7.80. The van der Waals surface area contributed by atoms with Crippen LogP contribution in [-0.4, -0.2) is 22.5 Å². The van der Waals surface area contributed by atoms with Crippen molar-refractivity contribution in [3.05, 3.63) is 126 Å². The normalized spacial score (nSPS) is 10.4. The molecule has 3 N–H and O–H groups in total. The van der Waals surface area contributed by atoms with Crippen LogP contribution in [0.5, 0.6) is 0 Å². The molecule has 1 amide bonds. The molecule has 0 bridgehead atoms. The average Bonchev–Trinajstić information content (AvgIpc) is 2.92. The standard InChI is InChI=1S/C29H28N4OS/c34-28(31-19-17-24-13-8-9-18-30-24)27-16-7-6-15-26(27)25-14-5-4-12-23(25)21-33-29(35)32-20-22-10-2-1-3-11-22/h1-16,18H,17,19-21H2,(H,31,34)(H2,32,33,35). The third-order valence-electron chi connectivity index (χ3n) is 5.61. The number of pyridine rings is 1. The van der Waals surface area contributed by atoms with E-state index in [9.17, 15) is 4.79 Å². The molecule has 4 rings (SSSR count). The Kier molecular flexibility index (Phi) is 8.57. The van der Waals surface area contributed by atoms with Crippen molar-refractivity contribution in [2.45, 2.75) is 19.5 Å². The molecule has 1 aromatic heterocycles. The van der Waals surface area contributed by atoms with Gasteiger partial charge in [0.15, 0.2) is 5.11 Å². The van der Waals surface area contributed by atoms with Crippen molar-refractivity contribution < 1.29 is 4.79 Å². The Bertz CT molecular complexity index is 1260. The van der Waals surface area contributed by atoms with Gasteiger partial charge < -0.3 is 16.0 Å². The molecular weight excluding hydrogens is 452 g/mol. The topological polar surface area (TPSA) is 66.0 Å². The van der Waals surface area contributed by atoms with Crippen LogP contribution in [0.25, 0.3) is 11.1 Å². The highest BCUT2D eigenvalue weighted by atomic mass is 32.1. The highest BCUT2D eigenvalue weighted by Gasteiger charge is 2.14. The maximum absolute atomic E-state index is 13.0. The number of carbonyl (C=O) groups is 1. The lowest BCUT2D eigenvalue weighted by molar-refractivity contribution is 0.0954. The second-order valence-electron chi connectivity index (χ2n) is 8.05. The van der Waals surface area contributed by atoms with Gasteiger partial charge in [-0.1, -0.05) is 78.9 Å². The molecule has 4 aromatic rings. The summed E-state index contributed by atoms with van der Waals surface area (Å²) in [7, 11) is 0. The number of hydrogen-bond acceptors (Lipinski definition) is 3. The van der Waals surface area contributed by atoms with Crippen LogP contribution in [0.2, 0.25) is 0 Å². The predicted octanol–water partition coefficient (Wildman–Crippen LogP) is 4.89. The van der Waals surface area contributed by atoms with Crippen LogP contribution in [-0.2, 0) is 19.5 Å². The molecule has 0 fully saturated rings. The molecule has 0 aliphatic rings. The molecule has 35 heavy (non-hydrogen) atoms. The fraction of sp³-hybridized carbons (Fsp3) is 0.138. The Labute approximate surface area is 211 Å². The van der Waals surface area contributed by atoms with Crippen LogP contribution < -0.4 is 16.0 Å². The SMILES string of the molecule is O=C(NCCc1ccccn1)c1ccccc1-c1ccccc1CNC(=S)NCc1ccccc1. The summed E-state index contributed by atoms with van der Waals surface area (Å²) < 4.78 is 0. The fourth-order valence-electron chi connectivity index (χ4n) is 3.81. The van der Waals surface area contributed by atoms with Crippen molar-refractivity contribution in [2.75, 3.05) is 6.54 Å². The summed E-state index contributed by atoms with van der Waals surface area (Å²) in [5.41, 5.74) is 5.72. The van der Waals surface area contributed by atoms with Gasteiger partial charge in [0.05, 0.1) is 0 Å². The second kappa shape index (κ2) is 12.4. The van der Waals surface area contributed by atoms with E-state index >= 15 is 0 Å². The van der Waals surface area contributed by atoms with Crippen molar-refractivity contribution in [3.63, 3.8) is 0 Å². The minimum Gasteiger partial charge on any atom is -0.359 e. The fourth-order valence-corrected chi connectivity index (χ4v) is 3.96. The van der Waals surface area contributed by atoms with E-state index < -0.39 is 0 Å². The van der Waals surface area contributed by atoms with Crippen LogP contribution in [0.3, 0.4) is 0 Å². The minimum absolute atomic E-state index is 0.0978. The number of amides is 1. The molecule has 0 saturated carbocycles. The zero-order valence-electron chi connectivity index (χ0n) is 19.4. The van der Waals surface area contributed by atoms with Gasteiger partial charge in [-0.15, -0.1) is 0 Å². The van der Waals surface area contributed by atoms with Gasteiger partial charge in [-0.2, -0.15) is 0 Å². The number of benzene rings is 3. The van der Waals surface area contributed by atoms with Crippen molar-refractivity contribution in [3.8, 4) is 11.1 Å². The Hall–Kier alpha value is -4.03. The lowest BCUT2D eigenvalue weighted by atomic mass is 9.95. The maximum Gasteiger partial charge on any atom is 0.251 e. The zero-order chi connectivity index (χ0) is 24.3. The molecule has 0 aliphatic heterocycles. The van der Waals surface area contributed by atoms with Gasteiger partial charge in [0.2, 0.25) is 0 Å². The molecule has 0 radical (unpaired) electrons. The van der Waals surface area contributed by atoms with Crippen LogP contribution in [0.4, 0.5) is 0 Å². The molecule has 0 saturated heterocycles. The molecule has 0 unspecified atom stereocenters. The van der Waals surface area contributed by atoms with Gasteiger partial charge >= 0.3 is 0 Å². The van der Waals surface area contributed by atoms with Gasteiger partial charge in [0.25, 0.3) is 5.91 Å². The van der Waals surface area contributed by atoms with Crippen molar-refractivity contribution in [1.29, 1.82) is 0 Å². The summed E-state index contributed by atoms with van der Waals surface area (Å²) in [6.07, 6.45) is 2.45. The largest absolute Gasteiger partial charge is 0.359 e. The van der Waals surface area contributed by atoms with E-state index in [1.807, 2.05) is 78.9 Å². The summed E-state index contributed by atoms with van der Waals surface area (Å²) in [4.78, 5) is 17.4. The first-order chi connectivity index (χ1) is 17.2. The van der Waals surface area contributed by atoms with Crippen molar-refractivity contribution >= 4 is 23.2 Å². The van der Waals surface area contributed by atoms with E-state index in [1.165, 1.54) is 5.56 Å². The second-order valence-corrected chi connectivity index (χ2v) is 8.46. The molecule has 0 spiro atoms. The first kappa shape index (κ1) is 24.1. The Morgan fingerprint density at radius 2 is 1.40 bits per heavy atom. The van der Waals surface area contributed by atoms with E-state index in [-0.39, 0.29) is 5.91 Å². The highest BCUT2D eigenvalue weighted by Crippen LogP contribution is 2.27. The molecule has 0 atom stereocenters. The van der Waals surface area contributed by atoms with Crippen molar-refractivity contribution in [2.24, 2.45) is 0 Å². The lowest BCUT2D eigenvalue weighted by Crippen LogP contribution is -2.34. The third kappa shape index (κ3) is 6.98. The monoisotopic (exact) mass is 480 g/mol. The van der Waals surface area contributed by atoms with Gasteiger partial charge in [0.1, 0.15) is 0 Å². The number of nitrogens with one attached hydrogen (secondary N) is 3. The number of thiocarbonyl (C=S) groups is 1. The summed E-state index contributed by atoms with van der Waals surface area (Å²) in [6.45, 7) is 1.73. The third-order valence-corrected chi connectivity index (χ3v) is 5.90. The molecule has 176 valence electrons. The molecule has 1 heterocycles. The molecule has 0 aliphatic carbocycles. The first-order valence-corrected chi connectivity index (χ1v) is 12.0. The smallest absolute Gasteiger partial charge is 0.251 e. The number of rotatable bonds is 9. The van der Waals surface area contributed by atoms with Crippen molar-refractivity contribution in [1.82, 2.24) is 20.9 Å². The molecule has 5 nitrogen and oxygen atoms in total. The predicted molar refractivity (Wildman–Crippen MR) is 145 cm³/mol. The quantitative estimate of drug-likeness (QED) is 0.298. The average molecular weight is 481 g/mol. The van der Waals surface area contributed by atoms with Gasteiger partial charge in [-0.3, -0.25) is 9.78 Å². The van der Waals surface area contributed by atoms with Crippen LogP contribution in [0.1, 0.15) is 27.2 Å². The molecule has 3 aromatic carbocycles. The summed E-state index contributed by atoms with van der Waals surface area (Å²) in [6, 6.07) is 31.7. The summed E-state index contributed by atoms with van der Waals surface area (Å²) in [5, 5.41) is 10.2.